The zero-order valence-electron chi connectivity index (χ0n) is 14.7. The quantitative estimate of drug-likeness (QED) is 0.791. The highest BCUT2D eigenvalue weighted by atomic mass is 19.1. The van der Waals surface area contributed by atoms with Crippen molar-refractivity contribution in [3.8, 4) is 0 Å². The highest BCUT2D eigenvalue weighted by molar-refractivity contribution is 6.07. The van der Waals surface area contributed by atoms with Crippen molar-refractivity contribution in [2.24, 2.45) is 0 Å². The summed E-state index contributed by atoms with van der Waals surface area (Å²) >= 11 is 0. The van der Waals surface area contributed by atoms with E-state index in [1.54, 1.807) is 17.0 Å². The Bertz CT molecular complexity index is 914. The van der Waals surface area contributed by atoms with Crippen molar-refractivity contribution in [1.82, 2.24) is 0 Å². The number of hydrogen-bond donors (Lipinski definition) is 0. The van der Waals surface area contributed by atoms with E-state index in [-0.39, 0.29) is 29.8 Å². The van der Waals surface area contributed by atoms with Crippen LogP contribution in [0.5, 0.6) is 0 Å². The van der Waals surface area contributed by atoms with Crippen molar-refractivity contribution in [3.05, 3.63) is 76.7 Å². The maximum atomic E-state index is 13.3. The van der Waals surface area contributed by atoms with Gasteiger partial charge in [-0.2, -0.15) is 0 Å². The van der Waals surface area contributed by atoms with Gasteiger partial charge in [0.05, 0.1) is 0 Å². The van der Waals surface area contributed by atoms with Crippen LogP contribution in [0.1, 0.15) is 42.7 Å². The number of nitrogens with zero attached hydrogens (tertiary/aromatic N) is 1. The number of Topliss-reactive ketones (excluding diaryl/α,β-unsaturated/α-hetero) is 1. The van der Waals surface area contributed by atoms with E-state index in [4.69, 9.17) is 0 Å². The number of ketones is 1. The highest BCUT2D eigenvalue weighted by Crippen LogP contribution is 2.43. The number of rotatable bonds is 2. The Balaban J connectivity index is 1.87. The van der Waals surface area contributed by atoms with Gasteiger partial charge in [-0.1, -0.05) is 24.3 Å². The first-order chi connectivity index (χ1) is 12.6. The molecular formula is C22H20FNO2. The molecule has 0 unspecified atom stereocenters. The van der Waals surface area contributed by atoms with Crippen LogP contribution >= 0.6 is 0 Å². The predicted octanol–water partition coefficient (Wildman–Crippen LogP) is 4.66. The average molecular weight is 349 g/mol. The zero-order valence-corrected chi connectivity index (χ0v) is 14.7. The number of aryl methyl sites for hydroxylation is 1. The molecule has 0 saturated heterocycles. The molecule has 1 atom stereocenters. The molecule has 132 valence electrons. The Kier molecular flexibility index (Phi) is 4.19. The number of anilines is 1. The Morgan fingerprint density at radius 1 is 1.00 bits per heavy atom. The molecule has 1 amide bonds. The van der Waals surface area contributed by atoms with Gasteiger partial charge in [0.25, 0.3) is 0 Å². The molecule has 26 heavy (non-hydrogen) atoms. The minimum Gasteiger partial charge on any atom is -0.294 e. The first kappa shape index (κ1) is 16.7. The molecular weight excluding hydrogens is 329 g/mol. The number of carbonyl (C=O) groups is 2. The van der Waals surface area contributed by atoms with Crippen LogP contribution in [0, 0.1) is 12.7 Å². The number of hydrogen-bond acceptors (Lipinski definition) is 2. The summed E-state index contributed by atoms with van der Waals surface area (Å²) in [4.78, 5) is 27.5. The van der Waals surface area contributed by atoms with Crippen molar-refractivity contribution < 1.29 is 14.0 Å². The van der Waals surface area contributed by atoms with Crippen molar-refractivity contribution >= 4 is 17.4 Å². The van der Waals surface area contributed by atoms with Crippen LogP contribution in [0.15, 0.2) is 59.8 Å². The maximum absolute atomic E-state index is 13.3. The van der Waals surface area contributed by atoms with E-state index >= 15 is 0 Å². The third-order valence-corrected chi connectivity index (χ3v) is 5.32. The smallest absolute Gasteiger partial charge is 0.232 e. The van der Waals surface area contributed by atoms with Crippen LogP contribution in [0.25, 0.3) is 0 Å². The lowest BCUT2D eigenvalue weighted by Gasteiger charge is -2.38. The second-order valence-corrected chi connectivity index (χ2v) is 6.96. The van der Waals surface area contributed by atoms with Gasteiger partial charge < -0.3 is 0 Å². The van der Waals surface area contributed by atoms with Crippen LogP contribution in [0.4, 0.5) is 10.1 Å². The number of benzene rings is 2. The van der Waals surface area contributed by atoms with Gasteiger partial charge in [-0.05, 0) is 55.2 Å². The van der Waals surface area contributed by atoms with Crippen molar-refractivity contribution in [3.63, 3.8) is 0 Å². The summed E-state index contributed by atoms with van der Waals surface area (Å²) in [6.45, 7) is 2.01. The molecule has 0 bridgehead atoms. The zero-order chi connectivity index (χ0) is 18.3. The standard InChI is InChI=1S/C22H20FNO2/c1-14-5-2-3-6-17(14)18-13-21(26)24(16-11-9-15(23)10-12-16)19-7-4-8-20(25)22(18)19/h2-3,5-6,9-12,18H,4,7-8,13H2,1H3/t18-/m0/s1. The molecule has 1 aliphatic heterocycles. The van der Waals surface area contributed by atoms with Crippen LogP contribution in [-0.4, -0.2) is 11.7 Å². The highest BCUT2D eigenvalue weighted by Gasteiger charge is 2.39. The van der Waals surface area contributed by atoms with E-state index < -0.39 is 0 Å². The molecule has 0 aromatic heterocycles. The van der Waals surface area contributed by atoms with Crippen LogP contribution in [0.2, 0.25) is 0 Å². The fourth-order valence-electron chi connectivity index (χ4n) is 4.13. The summed E-state index contributed by atoms with van der Waals surface area (Å²) in [5, 5.41) is 0. The molecule has 0 fully saturated rings. The molecule has 2 aromatic rings. The van der Waals surface area contributed by atoms with E-state index in [1.807, 2.05) is 31.2 Å². The first-order valence-electron chi connectivity index (χ1n) is 8.96. The predicted molar refractivity (Wildman–Crippen MR) is 98.3 cm³/mol. The van der Waals surface area contributed by atoms with Gasteiger partial charge in [0.2, 0.25) is 5.91 Å². The molecule has 0 radical (unpaired) electrons. The minimum atomic E-state index is -0.343. The lowest BCUT2D eigenvalue weighted by atomic mass is 9.76. The van der Waals surface area contributed by atoms with Gasteiger partial charge in [0.15, 0.2) is 5.78 Å². The van der Waals surface area contributed by atoms with Gasteiger partial charge in [0, 0.05) is 35.7 Å². The van der Waals surface area contributed by atoms with E-state index in [0.29, 0.717) is 18.5 Å². The van der Waals surface area contributed by atoms with Crippen molar-refractivity contribution in [1.29, 1.82) is 0 Å². The summed E-state index contributed by atoms with van der Waals surface area (Å²) in [5.74, 6) is -0.453. The van der Waals surface area contributed by atoms with Crippen LogP contribution < -0.4 is 4.90 Å². The first-order valence-corrected chi connectivity index (χ1v) is 8.96. The number of amides is 1. The summed E-state index contributed by atoms with van der Waals surface area (Å²) in [7, 11) is 0. The van der Waals surface area contributed by atoms with E-state index in [0.717, 1.165) is 28.8 Å². The van der Waals surface area contributed by atoms with E-state index in [2.05, 4.69) is 0 Å². The second kappa shape index (κ2) is 6.52. The largest absolute Gasteiger partial charge is 0.294 e. The molecule has 2 aromatic carbocycles. The SMILES string of the molecule is Cc1ccccc1[C@@H]1CC(=O)N(c2ccc(F)cc2)C2=C1C(=O)CCC2. The molecule has 0 spiro atoms. The number of halogens is 1. The Labute approximate surface area is 152 Å². The lowest BCUT2D eigenvalue weighted by molar-refractivity contribution is -0.119. The van der Waals surface area contributed by atoms with Crippen LogP contribution in [0.3, 0.4) is 0 Å². The average Bonchev–Trinajstić information content (AvgIpc) is 2.63. The van der Waals surface area contributed by atoms with Gasteiger partial charge in [-0.3, -0.25) is 14.5 Å². The van der Waals surface area contributed by atoms with Crippen molar-refractivity contribution in [2.45, 2.75) is 38.5 Å². The fraction of sp³-hybridized carbons (Fsp3) is 0.273. The van der Waals surface area contributed by atoms with Crippen molar-refractivity contribution in [2.75, 3.05) is 4.90 Å². The number of allylic oxidation sites excluding steroid dienone is 2. The van der Waals surface area contributed by atoms with Gasteiger partial charge in [-0.25, -0.2) is 4.39 Å². The molecule has 3 nitrogen and oxygen atoms in total. The Hall–Kier alpha value is -2.75. The minimum absolute atomic E-state index is 0.0432. The Morgan fingerprint density at radius 3 is 2.46 bits per heavy atom. The Morgan fingerprint density at radius 2 is 1.73 bits per heavy atom. The number of carbonyl (C=O) groups excluding carboxylic acids is 2. The molecule has 1 aliphatic carbocycles. The molecule has 2 aliphatic rings. The normalized spacial score (nSPS) is 20.4. The molecule has 4 rings (SSSR count). The van der Waals surface area contributed by atoms with E-state index in [9.17, 15) is 14.0 Å². The fourth-order valence-corrected chi connectivity index (χ4v) is 4.13. The monoisotopic (exact) mass is 349 g/mol. The topological polar surface area (TPSA) is 37.4 Å². The third-order valence-electron chi connectivity index (χ3n) is 5.32. The summed E-state index contributed by atoms with van der Waals surface area (Å²) in [5.41, 5.74) is 4.31. The molecule has 0 N–H and O–H groups in total. The molecule has 4 heteroatoms. The van der Waals surface area contributed by atoms with Gasteiger partial charge >= 0.3 is 0 Å². The lowest BCUT2D eigenvalue weighted by Crippen LogP contribution is -2.40. The summed E-state index contributed by atoms with van der Waals surface area (Å²) in [6, 6.07) is 13.8. The van der Waals surface area contributed by atoms with Gasteiger partial charge in [-0.15, -0.1) is 0 Å². The summed E-state index contributed by atoms with van der Waals surface area (Å²) in [6.07, 6.45) is 2.20. The second-order valence-electron chi connectivity index (χ2n) is 6.96. The summed E-state index contributed by atoms with van der Waals surface area (Å²) < 4.78 is 13.3. The molecule has 0 saturated carbocycles. The van der Waals surface area contributed by atoms with Gasteiger partial charge in [0.1, 0.15) is 5.82 Å². The molecule has 1 heterocycles. The third kappa shape index (κ3) is 2.75. The van der Waals surface area contributed by atoms with Crippen LogP contribution in [-0.2, 0) is 9.59 Å². The van der Waals surface area contributed by atoms with E-state index in [1.165, 1.54) is 12.1 Å². The maximum Gasteiger partial charge on any atom is 0.232 e.